The maximum atomic E-state index is 8.92. The highest BCUT2D eigenvalue weighted by Gasteiger charge is 2.20. The second-order valence-corrected chi connectivity index (χ2v) is 4.43. The van der Waals surface area contributed by atoms with Gasteiger partial charge in [-0.25, -0.2) is 0 Å². The average Bonchev–Trinajstić information content (AvgIpc) is 2.47. The van der Waals surface area contributed by atoms with Crippen LogP contribution in [0.25, 0.3) is 0 Å². The Morgan fingerprint density at radius 3 is 2.74 bits per heavy atom. The van der Waals surface area contributed by atoms with Crippen LogP contribution in [0.2, 0.25) is 0 Å². The summed E-state index contributed by atoms with van der Waals surface area (Å²) in [4.78, 5) is 8.47. The van der Waals surface area contributed by atoms with Gasteiger partial charge in [-0.05, 0) is 6.07 Å². The third-order valence-electron chi connectivity index (χ3n) is 3.31. The molecule has 104 valence electrons. The van der Waals surface area contributed by atoms with E-state index < -0.39 is 0 Å². The molecule has 0 radical (unpaired) electrons. The number of nitrogens with zero attached hydrogens (tertiary/aromatic N) is 4. The molecule has 7 heteroatoms. The molecule has 0 saturated carbocycles. The van der Waals surface area contributed by atoms with Crippen LogP contribution in [0.4, 0.5) is 5.69 Å². The molecule has 0 aromatic carbocycles. The van der Waals surface area contributed by atoms with Gasteiger partial charge >= 0.3 is 0 Å². The Balaban J connectivity index is 2.11. The summed E-state index contributed by atoms with van der Waals surface area (Å²) in [6.45, 7) is 4.31. The number of aliphatic hydroxyl groups excluding tert-OH is 1. The summed E-state index contributed by atoms with van der Waals surface area (Å²) in [5, 5.41) is 20.8. The lowest BCUT2D eigenvalue weighted by Crippen LogP contribution is -2.47. The summed E-state index contributed by atoms with van der Waals surface area (Å²) >= 11 is 0. The lowest BCUT2D eigenvalue weighted by Gasteiger charge is -2.36. The minimum absolute atomic E-state index is 0.0928. The first kappa shape index (κ1) is 13.6. The van der Waals surface area contributed by atoms with Crippen molar-refractivity contribution in [2.24, 2.45) is 10.9 Å². The van der Waals surface area contributed by atoms with Gasteiger partial charge in [0.2, 0.25) is 0 Å². The lowest BCUT2D eigenvalue weighted by atomic mass is 10.1. The molecule has 4 N–H and O–H groups in total. The van der Waals surface area contributed by atoms with Crippen molar-refractivity contribution >= 4 is 11.5 Å². The molecule has 19 heavy (non-hydrogen) atoms. The van der Waals surface area contributed by atoms with Crippen molar-refractivity contribution in [3.05, 3.63) is 24.0 Å². The van der Waals surface area contributed by atoms with Crippen LogP contribution in [0, 0.1) is 0 Å². The first-order valence-electron chi connectivity index (χ1n) is 6.26. The second kappa shape index (κ2) is 6.35. The number of anilines is 1. The predicted molar refractivity (Wildman–Crippen MR) is 72.5 cm³/mol. The number of β-amino-alcohol motifs (C(OH)–C–C–N with tert-alkyl or cyclic N) is 1. The molecule has 0 aliphatic carbocycles. The highest BCUT2D eigenvalue weighted by molar-refractivity contribution is 6.02. The normalized spacial score (nSPS) is 17.7. The van der Waals surface area contributed by atoms with Crippen LogP contribution in [0.5, 0.6) is 0 Å². The highest BCUT2D eigenvalue weighted by atomic mass is 16.4. The molecule has 1 aromatic heterocycles. The first-order valence-corrected chi connectivity index (χ1v) is 6.26. The van der Waals surface area contributed by atoms with Crippen LogP contribution in [0.1, 0.15) is 5.56 Å². The van der Waals surface area contributed by atoms with Gasteiger partial charge < -0.3 is 20.9 Å². The largest absolute Gasteiger partial charge is 0.409 e. The number of amidine groups is 1. The van der Waals surface area contributed by atoms with Crippen molar-refractivity contribution in [3.8, 4) is 0 Å². The fourth-order valence-corrected chi connectivity index (χ4v) is 2.26. The molecule has 1 aliphatic rings. The number of hydrogen-bond donors (Lipinski definition) is 3. The molecule has 0 unspecified atom stereocenters. The first-order chi connectivity index (χ1) is 9.26. The van der Waals surface area contributed by atoms with E-state index in [1.165, 1.54) is 0 Å². The van der Waals surface area contributed by atoms with Crippen LogP contribution >= 0.6 is 0 Å². The van der Waals surface area contributed by atoms with E-state index in [0.717, 1.165) is 31.9 Å². The molecule has 0 spiro atoms. The predicted octanol–water partition coefficient (Wildman–Crippen LogP) is -0.710. The monoisotopic (exact) mass is 265 g/mol. The summed E-state index contributed by atoms with van der Waals surface area (Å²) in [6, 6.07) is 1.74. The number of piperazine rings is 1. The summed E-state index contributed by atoms with van der Waals surface area (Å²) in [7, 11) is 0. The van der Waals surface area contributed by atoms with Crippen molar-refractivity contribution in [1.29, 1.82) is 0 Å². The van der Waals surface area contributed by atoms with Gasteiger partial charge in [0.25, 0.3) is 0 Å². The molecular formula is C12H19N5O2. The van der Waals surface area contributed by atoms with Crippen molar-refractivity contribution in [1.82, 2.24) is 9.88 Å². The molecule has 2 rings (SSSR count). The van der Waals surface area contributed by atoms with E-state index >= 15 is 0 Å². The standard InChI is InChI=1S/C12H19N5O2/c13-12(15-19)10-1-2-14-9-11(10)17-5-3-16(4-6-17)7-8-18/h1-2,9,18-19H,3-8H2,(H2,13,15). The quantitative estimate of drug-likeness (QED) is 0.288. The molecule has 2 heterocycles. The number of oxime groups is 1. The van der Waals surface area contributed by atoms with E-state index in [1.54, 1.807) is 18.5 Å². The Morgan fingerprint density at radius 1 is 1.37 bits per heavy atom. The van der Waals surface area contributed by atoms with Crippen molar-refractivity contribution in [2.45, 2.75) is 0 Å². The maximum Gasteiger partial charge on any atom is 0.172 e. The Bertz CT molecular complexity index is 444. The van der Waals surface area contributed by atoms with Crippen LogP contribution in [0.3, 0.4) is 0 Å². The van der Waals surface area contributed by atoms with Crippen LogP contribution in [-0.4, -0.2) is 65.4 Å². The Hall–Kier alpha value is -1.86. The van der Waals surface area contributed by atoms with Crippen LogP contribution in [0.15, 0.2) is 23.6 Å². The van der Waals surface area contributed by atoms with Gasteiger partial charge in [0.05, 0.1) is 18.5 Å². The molecule has 7 nitrogen and oxygen atoms in total. The summed E-state index contributed by atoms with van der Waals surface area (Å²) in [5.41, 5.74) is 7.24. The molecule has 1 fully saturated rings. The molecule has 0 atom stereocenters. The number of pyridine rings is 1. The minimum Gasteiger partial charge on any atom is -0.409 e. The van der Waals surface area contributed by atoms with E-state index in [-0.39, 0.29) is 12.4 Å². The van der Waals surface area contributed by atoms with Crippen molar-refractivity contribution in [3.63, 3.8) is 0 Å². The number of nitrogens with two attached hydrogens (primary N) is 1. The van der Waals surface area contributed by atoms with Gasteiger partial charge in [-0.15, -0.1) is 0 Å². The molecule has 1 aliphatic heterocycles. The average molecular weight is 265 g/mol. The third-order valence-corrected chi connectivity index (χ3v) is 3.31. The Labute approximate surface area is 111 Å². The third kappa shape index (κ3) is 3.12. The SMILES string of the molecule is N/C(=N/O)c1ccncc1N1CCN(CCO)CC1. The highest BCUT2D eigenvalue weighted by Crippen LogP contribution is 2.20. The van der Waals surface area contributed by atoms with E-state index in [1.807, 2.05) is 0 Å². The zero-order chi connectivity index (χ0) is 13.7. The molecule has 0 bridgehead atoms. The number of aliphatic hydroxyl groups is 1. The summed E-state index contributed by atoms with van der Waals surface area (Å²) in [5.74, 6) is 0.0928. The van der Waals surface area contributed by atoms with Gasteiger partial charge in [0.15, 0.2) is 5.84 Å². The number of hydrogen-bond acceptors (Lipinski definition) is 6. The van der Waals surface area contributed by atoms with E-state index in [9.17, 15) is 0 Å². The number of aromatic nitrogens is 1. The van der Waals surface area contributed by atoms with Gasteiger partial charge in [-0.1, -0.05) is 5.16 Å². The summed E-state index contributed by atoms with van der Waals surface area (Å²) < 4.78 is 0. The van der Waals surface area contributed by atoms with Crippen molar-refractivity contribution < 1.29 is 10.3 Å². The zero-order valence-corrected chi connectivity index (χ0v) is 10.7. The van der Waals surface area contributed by atoms with Crippen LogP contribution < -0.4 is 10.6 Å². The van der Waals surface area contributed by atoms with Gasteiger partial charge in [-0.3, -0.25) is 9.88 Å². The zero-order valence-electron chi connectivity index (χ0n) is 10.7. The molecule has 1 aromatic rings. The smallest absolute Gasteiger partial charge is 0.172 e. The summed E-state index contributed by atoms with van der Waals surface area (Å²) in [6.07, 6.45) is 3.36. The maximum absolute atomic E-state index is 8.92. The van der Waals surface area contributed by atoms with E-state index in [2.05, 4.69) is 19.9 Å². The minimum atomic E-state index is 0.0928. The topological polar surface area (TPSA) is 98.2 Å². The van der Waals surface area contributed by atoms with E-state index in [4.69, 9.17) is 16.0 Å². The molecule has 0 amide bonds. The van der Waals surface area contributed by atoms with Crippen molar-refractivity contribution in [2.75, 3.05) is 44.2 Å². The molecule has 1 saturated heterocycles. The van der Waals surface area contributed by atoms with Gasteiger partial charge in [0.1, 0.15) is 0 Å². The van der Waals surface area contributed by atoms with Gasteiger partial charge in [-0.2, -0.15) is 0 Å². The van der Waals surface area contributed by atoms with Crippen LogP contribution in [-0.2, 0) is 0 Å². The second-order valence-electron chi connectivity index (χ2n) is 4.43. The van der Waals surface area contributed by atoms with E-state index in [0.29, 0.717) is 12.1 Å². The molecular weight excluding hydrogens is 246 g/mol. The Morgan fingerprint density at radius 2 is 2.11 bits per heavy atom. The number of rotatable bonds is 4. The Kier molecular flexibility index (Phi) is 4.53. The fraction of sp³-hybridized carbons (Fsp3) is 0.500. The fourth-order valence-electron chi connectivity index (χ4n) is 2.26. The van der Waals surface area contributed by atoms with Gasteiger partial charge in [0, 0.05) is 44.5 Å². The lowest BCUT2D eigenvalue weighted by molar-refractivity contribution is 0.188.